The molecule has 0 saturated heterocycles. The molecule has 234 valence electrons. The van der Waals surface area contributed by atoms with Gasteiger partial charge in [-0.25, -0.2) is 22.8 Å². The van der Waals surface area contributed by atoms with Gasteiger partial charge >= 0.3 is 17.9 Å². The Labute approximate surface area is 365 Å². The van der Waals surface area contributed by atoms with Gasteiger partial charge in [-0.05, 0) is 217 Å². The summed E-state index contributed by atoms with van der Waals surface area (Å²) in [5.74, 6) is -2.52. The lowest BCUT2D eigenvalue weighted by Crippen LogP contribution is -2.15. The molecule has 9 nitrogen and oxygen atoms in total. The molecule has 0 amide bonds. The van der Waals surface area contributed by atoms with Gasteiger partial charge in [0, 0.05) is 46.8 Å². The number of esters is 3. The Balaban J connectivity index is 1.73. The average Bonchev–Trinajstić information content (AvgIpc) is 2.86. The van der Waals surface area contributed by atoms with Crippen LogP contribution in [0.4, 0.5) is 0 Å². The van der Waals surface area contributed by atoms with E-state index in [1.54, 1.807) is 45.2 Å². The van der Waals surface area contributed by atoms with Crippen LogP contribution in [0, 0.1) is 28.6 Å². The maximum Gasteiger partial charge on any atom is 0.345 e. The highest BCUT2D eigenvalue weighted by molar-refractivity contribution is 14.1. The Bertz CT molecular complexity index is 1860. The molecule has 0 saturated carbocycles. The Kier molecular flexibility index (Phi) is 14.1. The molecule has 4 aromatic carbocycles. The van der Waals surface area contributed by atoms with Crippen molar-refractivity contribution >= 4 is 209 Å². The predicted octanol–water partition coefficient (Wildman–Crippen LogP) is 9.09. The Morgan fingerprint density at radius 3 is 1.11 bits per heavy atom. The summed E-state index contributed by atoms with van der Waals surface area (Å²) in [4.78, 5) is 39.2. The molecule has 0 spiro atoms. The van der Waals surface area contributed by atoms with Gasteiger partial charge in [-0.2, -0.15) is 0 Å². The average molecular weight is 1520 g/mol. The van der Waals surface area contributed by atoms with Crippen LogP contribution >= 0.6 is 181 Å². The maximum absolute atomic E-state index is 13.3. The Morgan fingerprint density at radius 2 is 0.800 bits per heavy atom. The van der Waals surface area contributed by atoms with E-state index in [9.17, 15) is 27.4 Å². The van der Waals surface area contributed by atoms with Gasteiger partial charge in [0.25, 0.3) is 0 Å². The summed E-state index contributed by atoms with van der Waals surface area (Å²) < 4.78 is 56.5. The lowest BCUT2D eigenvalue weighted by molar-refractivity contribution is 0.0728. The summed E-state index contributed by atoms with van der Waals surface area (Å²) in [6.45, 7) is 0. The lowest BCUT2D eigenvalue weighted by atomic mass is 10.2. The molecule has 0 N–H and O–H groups in total. The molecule has 0 aliphatic heterocycles. The van der Waals surface area contributed by atoms with E-state index in [0.29, 0.717) is 25.4 Å². The summed E-state index contributed by atoms with van der Waals surface area (Å²) in [7, 11) is -4.78. The van der Waals surface area contributed by atoms with Crippen LogP contribution in [0.3, 0.4) is 0 Å². The minimum atomic E-state index is -4.78. The fourth-order valence-electron chi connectivity index (χ4n) is 3.60. The van der Waals surface area contributed by atoms with E-state index in [0.717, 1.165) is 7.14 Å². The van der Waals surface area contributed by atoms with E-state index in [1.807, 2.05) is 115 Å². The van der Waals surface area contributed by atoms with Crippen LogP contribution in [0.15, 0.2) is 59.5 Å². The number of hydrogen-bond donors (Lipinski definition) is 0. The molecule has 0 aliphatic rings. The first-order chi connectivity index (χ1) is 20.9. The summed E-state index contributed by atoms with van der Waals surface area (Å²) >= 11 is 15.8. The highest BCUT2D eigenvalue weighted by Gasteiger charge is 2.23. The van der Waals surface area contributed by atoms with Crippen LogP contribution < -0.4 is 14.2 Å². The van der Waals surface area contributed by atoms with Crippen LogP contribution in [0.1, 0.15) is 31.1 Å². The molecule has 4 aromatic rings. The fraction of sp³-hybridized carbons (Fsp3) is 0. The Morgan fingerprint density at radius 1 is 0.489 bits per heavy atom. The van der Waals surface area contributed by atoms with Gasteiger partial charge in [-0.3, -0.25) is 0 Å². The number of carbonyl (C=O) groups excluding carboxylic acids is 3. The zero-order chi connectivity index (χ0) is 33.4. The monoisotopic (exact) mass is 1520 g/mol. The van der Waals surface area contributed by atoms with Crippen molar-refractivity contribution in [1.82, 2.24) is 0 Å². The van der Waals surface area contributed by atoms with Crippen LogP contribution in [0.2, 0.25) is 0 Å². The first-order valence-corrected chi connectivity index (χ1v) is 21.5. The van der Waals surface area contributed by atoms with E-state index in [4.69, 9.17) is 14.2 Å². The van der Waals surface area contributed by atoms with Gasteiger partial charge in [0.1, 0.15) is 27.4 Å². The molecule has 0 aromatic heterocycles. The summed E-state index contributed by atoms with van der Waals surface area (Å²) in [6, 6.07) is 13.6. The highest BCUT2D eigenvalue weighted by Crippen LogP contribution is 2.33. The molecule has 18 heteroatoms. The second kappa shape index (κ2) is 16.4. The minimum absolute atomic E-state index is 0.0388. The van der Waals surface area contributed by atoms with Crippen molar-refractivity contribution in [2.45, 2.75) is 4.90 Å². The SMILES string of the molecule is O=C(Oc1cc(OC(=O)c2c(I)cc(I)cc2I)cc(OC(=O)c2c(I)cc(I)cc2I)c1)c1cc(I)c(S(=O)(=O)[O-])c(I)c1. The molecule has 0 atom stereocenters. The normalized spacial score (nSPS) is 11.2. The third-order valence-electron chi connectivity index (χ3n) is 5.39. The predicted molar refractivity (Wildman–Crippen MR) is 230 cm³/mol. The minimum Gasteiger partial charge on any atom is -0.744 e. The largest absolute Gasteiger partial charge is 0.744 e. The van der Waals surface area contributed by atoms with E-state index in [2.05, 4.69) is 45.2 Å². The third-order valence-corrected chi connectivity index (χ3v) is 13.4. The summed E-state index contributed by atoms with van der Waals surface area (Å²) in [5.41, 5.74) is 0.624. The highest BCUT2D eigenvalue weighted by atomic mass is 127. The van der Waals surface area contributed by atoms with Crippen molar-refractivity contribution in [3.05, 3.63) is 99.8 Å². The van der Waals surface area contributed by atoms with Crippen molar-refractivity contribution < 1.29 is 41.6 Å². The molecular weight excluding hydrogens is 1520 g/mol. The second-order valence-corrected chi connectivity index (χ2v) is 19.3. The van der Waals surface area contributed by atoms with E-state index in [1.165, 1.54) is 30.3 Å². The van der Waals surface area contributed by atoms with Gasteiger partial charge in [0.15, 0.2) is 0 Å². The van der Waals surface area contributed by atoms with E-state index < -0.39 is 32.9 Å². The van der Waals surface area contributed by atoms with Gasteiger partial charge in [-0.1, -0.05) is 0 Å². The molecule has 45 heavy (non-hydrogen) atoms. The molecule has 0 bridgehead atoms. The number of rotatable bonds is 7. The van der Waals surface area contributed by atoms with Crippen molar-refractivity contribution in [3.8, 4) is 17.2 Å². The van der Waals surface area contributed by atoms with Gasteiger partial charge < -0.3 is 18.8 Å². The molecule has 0 unspecified atom stereocenters. The molecule has 4 rings (SSSR count). The molecular formula is C27H9I8O9S-. The number of ether oxygens (including phenoxy) is 3. The topological polar surface area (TPSA) is 136 Å². The van der Waals surface area contributed by atoms with Crippen molar-refractivity contribution in [1.29, 1.82) is 0 Å². The van der Waals surface area contributed by atoms with Gasteiger partial charge in [0.2, 0.25) is 0 Å². The second-order valence-electron chi connectivity index (χ2n) is 8.52. The van der Waals surface area contributed by atoms with Crippen LogP contribution in [0.25, 0.3) is 0 Å². The smallest absolute Gasteiger partial charge is 0.345 e. The number of carbonyl (C=O) groups is 3. The van der Waals surface area contributed by atoms with Crippen LogP contribution in [-0.2, 0) is 10.1 Å². The first-order valence-electron chi connectivity index (χ1n) is 11.5. The summed E-state index contributed by atoms with van der Waals surface area (Å²) in [5, 5.41) is 0. The first kappa shape index (κ1) is 38.8. The Hall–Kier alpha value is 1.04. The zero-order valence-electron chi connectivity index (χ0n) is 21.3. The van der Waals surface area contributed by atoms with E-state index >= 15 is 0 Å². The van der Waals surface area contributed by atoms with Crippen LogP contribution in [0.5, 0.6) is 17.2 Å². The zero-order valence-corrected chi connectivity index (χ0v) is 39.4. The molecule has 0 heterocycles. The molecule has 0 radical (unpaired) electrons. The van der Waals surface area contributed by atoms with Crippen molar-refractivity contribution in [2.75, 3.05) is 0 Å². The van der Waals surface area contributed by atoms with Crippen molar-refractivity contribution in [2.24, 2.45) is 0 Å². The van der Waals surface area contributed by atoms with Gasteiger partial charge in [0.05, 0.1) is 21.6 Å². The number of hydrogen-bond acceptors (Lipinski definition) is 9. The summed E-state index contributed by atoms with van der Waals surface area (Å²) in [6.07, 6.45) is 0. The third kappa shape index (κ3) is 10.1. The van der Waals surface area contributed by atoms with Crippen LogP contribution in [-0.4, -0.2) is 30.9 Å². The number of benzene rings is 4. The molecule has 0 fully saturated rings. The van der Waals surface area contributed by atoms with Gasteiger partial charge in [-0.15, -0.1) is 0 Å². The standard InChI is InChI=1S/C27H10I8O9S/c28-11-3-16(30)22(17(31)4-11)26(37)43-14-7-13(42-25(36)10-1-20(34)24(21(35)2-10)45(39,40)41)8-15(9-14)44-27(38)23-18(32)5-12(29)6-19(23)33/h1-9H,(H,39,40,41)/p-1. The maximum atomic E-state index is 13.3. The molecule has 0 aliphatic carbocycles. The number of halogens is 8. The fourth-order valence-corrected chi connectivity index (χ4v) is 15.6. The quantitative estimate of drug-likeness (QED) is 0.0769. The van der Waals surface area contributed by atoms with E-state index in [-0.39, 0.29) is 30.0 Å². The lowest BCUT2D eigenvalue weighted by Gasteiger charge is -2.15. The van der Waals surface area contributed by atoms with Crippen molar-refractivity contribution in [3.63, 3.8) is 0 Å².